The van der Waals surface area contributed by atoms with E-state index in [1.165, 1.54) is 45.2 Å². The average Bonchev–Trinajstić information content (AvgIpc) is 2.89. The van der Waals surface area contributed by atoms with E-state index in [0.29, 0.717) is 6.04 Å². The summed E-state index contributed by atoms with van der Waals surface area (Å²) in [4.78, 5) is 6.93. The number of nitrogens with zero attached hydrogens (tertiary/aromatic N) is 2. The van der Waals surface area contributed by atoms with Crippen molar-refractivity contribution in [3.63, 3.8) is 0 Å². The Hall–Kier alpha value is -0.0400. The lowest BCUT2D eigenvalue weighted by Crippen LogP contribution is -2.47. The maximum atomic E-state index is 4.34. The van der Waals surface area contributed by atoms with Gasteiger partial charge >= 0.3 is 0 Å². The van der Waals surface area contributed by atoms with Crippen LogP contribution in [0.15, 0.2) is 4.99 Å². The second-order valence-electron chi connectivity index (χ2n) is 6.83. The molecule has 1 saturated carbocycles. The molecule has 2 N–H and O–H groups in total. The molecule has 0 aromatic rings. The van der Waals surface area contributed by atoms with E-state index in [9.17, 15) is 0 Å². The molecule has 124 valence electrons. The van der Waals surface area contributed by atoms with Crippen molar-refractivity contribution in [2.24, 2.45) is 16.8 Å². The third kappa shape index (κ3) is 6.72. The highest BCUT2D eigenvalue weighted by atomic mass is 127. The van der Waals surface area contributed by atoms with Crippen molar-refractivity contribution in [1.29, 1.82) is 0 Å². The fourth-order valence-corrected chi connectivity index (χ4v) is 3.77. The van der Waals surface area contributed by atoms with E-state index in [-0.39, 0.29) is 24.0 Å². The highest BCUT2D eigenvalue weighted by molar-refractivity contribution is 14.0. The highest BCUT2D eigenvalue weighted by Gasteiger charge is 2.21. The summed E-state index contributed by atoms with van der Waals surface area (Å²) in [5.41, 5.74) is 0. The van der Waals surface area contributed by atoms with Crippen LogP contribution in [0.1, 0.15) is 46.0 Å². The molecule has 4 nitrogen and oxygen atoms in total. The second-order valence-corrected chi connectivity index (χ2v) is 6.83. The Morgan fingerprint density at radius 2 is 1.76 bits per heavy atom. The number of guanidine groups is 1. The molecule has 2 rings (SSSR count). The van der Waals surface area contributed by atoms with E-state index in [0.717, 1.165) is 30.9 Å². The van der Waals surface area contributed by atoms with E-state index in [2.05, 4.69) is 34.4 Å². The standard InChI is InChI=1S/C16H32N4.HI/c1-13-10-14(2)12-20(11-13)9-8-18-16(17-3)19-15-6-4-5-7-15;/h13-15H,4-12H2,1-3H3,(H2,17,18,19);1H. The molecule has 1 aliphatic heterocycles. The quantitative estimate of drug-likeness (QED) is 0.427. The molecule has 2 atom stereocenters. The van der Waals surface area contributed by atoms with Crippen LogP contribution in [0.2, 0.25) is 0 Å². The maximum Gasteiger partial charge on any atom is 0.191 e. The van der Waals surface area contributed by atoms with Crippen molar-refractivity contribution in [3.05, 3.63) is 0 Å². The van der Waals surface area contributed by atoms with Crippen LogP contribution < -0.4 is 10.6 Å². The highest BCUT2D eigenvalue weighted by Crippen LogP contribution is 2.20. The summed E-state index contributed by atoms with van der Waals surface area (Å²) < 4.78 is 0. The van der Waals surface area contributed by atoms with Gasteiger partial charge in [0.05, 0.1) is 0 Å². The summed E-state index contributed by atoms with van der Waals surface area (Å²) in [5.74, 6) is 2.67. The number of aliphatic imine (C=N–C) groups is 1. The van der Waals surface area contributed by atoms with Gasteiger partial charge in [-0.3, -0.25) is 4.99 Å². The van der Waals surface area contributed by atoms with E-state index in [1.54, 1.807) is 0 Å². The number of hydrogen-bond donors (Lipinski definition) is 2. The van der Waals surface area contributed by atoms with Crippen LogP contribution in [-0.2, 0) is 0 Å². The summed E-state index contributed by atoms with van der Waals surface area (Å²) in [6, 6.07) is 0.635. The minimum Gasteiger partial charge on any atom is -0.355 e. The van der Waals surface area contributed by atoms with E-state index in [4.69, 9.17) is 0 Å². The van der Waals surface area contributed by atoms with Gasteiger partial charge in [-0.05, 0) is 31.1 Å². The zero-order valence-electron chi connectivity index (χ0n) is 13.9. The molecule has 0 radical (unpaired) electrons. The molecule has 2 fully saturated rings. The largest absolute Gasteiger partial charge is 0.355 e. The Morgan fingerprint density at radius 3 is 2.33 bits per heavy atom. The molecular weight excluding hydrogens is 375 g/mol. The summed E-state index contributed by atoms with van der Waals surface area (Å²) in [6.45, 7) is 9.36. The molecule has 2 aliphatic rings. The van der Waals surface area contributed by atoms with Crippen molar-refractivity contribution in [3.8, 4) is 0 Å². The smallest absolute Gasteiger partial charge is 0.191 e. The number of likely N-dealkylation sites (tertiary alicyclic amines) is 1. The van der Waals surface area contributed by atoms with Crippen molar-refractivity contribution < 1.29 is 0 Å². The number of halogens is 1. The third-order valence-corrected chi connectivity index (χ3v) is 4.58. The van der Waals surface area contributed by atoms with Gasteiger partial charge in [0.2, 0.25) is 0 Å². The average molecular weight is 408 g/mol. The molecular formula is C16H33IN4. The Morgan fingerprint density at radius 1 is 1.14 bits per heavy atom. The van der Waals surface area contributed by atoms with Gasteiger partial charge in [0.25, 0.3) is 0 Å². The predicted octanol–water partition coefficient (Wildman–Crippen LogP) is 2.69. The molecule has 1 saturated heterocycles. The van der Waals surface area contributed by atoms with Gasteiger partial charge in [0.1, 0.15) is 0 Å². The Balaban J connectivity index is 0.00000220. The Bertz CT molecular complexity index is 305. The Labute approximate surface area is 147 Å². The molecule has 21 heavy (non-hydrogen) atoms. The monoisotopic (exact) mass is 408 g/mol. The van der Waals surface area contributed by atoms with Crippen LogP contribution in [0.25, 0.3) is 0 Å². The first-order valence-corrected chi connectivity index (χ1v) is 8.37. The van der Waals surface area contributed by atoms with E-state index >= 15 is 0 Å². The lowest BCUT2D eigenvalue weighted by molar-refractivity contribution is 0.143. The predicted molar refractivity (Wildman–Crippen MR) is 102 cm³/mol. The van der Waals surface area contributed by atoms with Crippen LogP contribution in [0.3, 0.4) is 0 Å². The normalized spacial score (nSPS) is 28.2. The fraction of sp³-hybridized carbons (Fsp3) is 0.938. The van der Waals surface area contributed by atoms with Crippen molar-refractivity contribution in [1.82, 2.24) is 15.5 Å². The zero-order valence-corrected chi connectivity index (χ0v) is 16.2. The van der Waals surface area contributed by atoms with Crippen LogP contribution in [0.5, 0.6) is 0 Å². The minimum atomic E-state index is 0. The van der Waals surface area contributed by atoms with Gasteiger partial charge in [-0.15, -0.1) is 24.0 Å². The zero-order chi connectivity index (χ0) is 14.4. The first-order chi connectivity index (χ1) is 9.67. The number of hydrogen-bond acceptors (Lipinski definition) is 2. The third-order valence-electron chi connectivity index (χ3n) is 4.58. The molecule has 0 amide bonds. The molecule has 5 heteroatoms. The number of nitrogens with one attached hydrogen (secondary N) is 2. The van der Waals surface area contributed by atoms with Crippen molar-refractivity contribution >= 4 is 29.9 Å². The van der Waals surface area contributed by atoms with Crippen LogP contribution in [0, 0.1) is 11.8 Å². The van der Waals surface area contributed by atoms with Crippen molar-refractivity contribution in [2.75, 3.05) is 33.2 Å². The summed E-state index contributed by atoms with van der Waals surface area (Å²) in [6.07, 6.45) is 6.69. The maximum absolute atomic E-state index is 4.34. The first-order valence-electron chi connectivity index (χ1n) is 8.37. The molecule has 0 aromatic carbocycles. The molecule has 0 bridgehead atoms. The van der Waals surface area contributed by atoms with Crippen molar-refractivity contribution in [2.45, 2.75) is 52.0 Å². The summed E-state index contributed by atoms with van der Waals surface area (Å²) in [5, 5.41) is 7.01. The van der Waals surface area contributed by atoms with Gasteiger partial charge in [-0.25, -0.2) is 0 Å². The van der Waals surface area contributed by atoms with Crippen LogP contribution in [0.4, 0.5) is 0 Å². The first kappa shape index (κ1) is 19.0. The second kappa shape index (κ2) is 9.87. The topological polar surface area (TPSA) is 39.7 Å². The van der Waals surface area contributed by atoms with Crippen LogP contribution >= 0.6 is 24.0 Å². The van der Waals surface area contributed by atoms with Gasteiger partial charge in [0.15, 0.2) is 5.96 Å². The summed E-state index contributed by atoms with van der Waals surface area (Å²) >= 11 is 0. The Kier molecular flexibility index (Phi) is 8.94. The molecule has 1 heterocycles. The molecule has 1 aliphatic carbocycles. The molecule has 0 spiro atoms. The van der Waals surface area contributed by atoms with Gasteiger partial charge in [0, 0.05) is 39.3 Å². The molecule has 0 aromatic heterocycles. The summed E-state index contributed by atoms with van der Waals surface area (Å²) in [7, 11) is 1.87. The van der Waals surface area contributed by atoms with E-state index < -0.39 is 0 Å². The van der Waals surface area contributed by atoms with Gasteiger partial charge in [-0.1, -0.05) is 26.7 Å². The minimum absolute atomic E-state index is 0. The van der Waals surface area contributed by atoms with Gasteiger partial charge < -0.3 is 15.5 Å². The molecule has 2 unspecified atom stereocenters. The van der Waals surface area contributed by atoms with Crippen LogP contribution in [-0.4, -0.2) is 50.1 Å². The number of piperidine rings is 1. The lowest BCUT2D eigenvalue weighted by atomic mass is 9.92. The SMILES string of the molecule is CN=C(NCCN1CC(C)CC(C)C1)NC1CCCC1.I. The number of rotatable bonds is 4. The van der Waals surface area contributed by atoms with E-state index in [1.807, 2.05) is 7.05 Å². The fourth-order valence-electron chi connectivity index (χ4n) is 3.77. The van der Waals surface area contributed by atoms with Gasteiger partial charge in [-0.2, -0.15) is 0 Å². The lowest BCUT2D eigenvalue weighted by Gasteiger charge is -2.35.